The second kappa shape index (κ2) is 4.92. The number of rotatable bonds is 3. The fourth-order valence-corrected chi connectivity index (χ4v) is 4.59. The van der Waals surface area contributed by atoms with Crippen LogP contribution in [-0.4, -0.2) is 13.4 Å². The number of nitrogens with two attached hydrogens (primary N) is 1. The Bertz CT molecular complexity index is 797. The molecule has 1 aliphatic carbocycles. The maximum absolute atomic E-state index is 13.7. The molecule has 1 aromatic heterocycles. The van der Waals surface area contributed by atoms with E-state index in [1.165, 1.54) is 11.3 Å². The molecule has 2 aromatic rings. The minimum atomic E-state index is -4.27. The number of hydrogen-bond acceptors (Lipinski definition) is 5. The van der Waals surface area contributed by atoms with Gasteiger partial charge in [-0.3, -0.25) is 4.72 Å². The van der Waals surface area contributed by atoms with E-state index in [0.717, 1.165) is 42.0 Å². The number of nitrogens with zero attached hydrogens (tertiary/aromatic N) is 1. The highest BCUT2D eigenvalue weighted by atomic mass is 32.2. The van der Waals surface area contributed by atoms with Gasteiger partial charge in [-0.25, -0.2) is 22.2 Å². The van der Waals surface area contributed by atoms with Crippen LogP contribution in [0.5, 0.6) is 0 Å². The predicted molar refractivity (Wildman–Crippen MR) is 75.7 cm³/mol. The summed E-state index contributed by atoms with van der Waals surface area (Å²) in [6.45, 7) is 0. The number of nitrogen functional groups attached to an aromatic ring is 1. The summed E-state index contributed by atoms with van der Waals surface area (Å²) in [5, 5.41) is 0.155. The van der Waals surface area contributed by atoms with Gasteiger partial charge in [-0.2, -0.15) is 0 Å². The van der Waals surface area contributed by atoms with Gasteiger partial charge in [0.25, 0.3) is 10.0 Å². The van der Waals surface area contributed by atoms with Crippen molar-refractivity contribution in [1.82, 2.24) is 4.98 Å². The molecule has 9 heteroatoms. The van der Waals surface area contributed by atoms with E-state index in [4.69, 9.17) is 5.73 Å². The SMILES string of the molecule is Nc1cc(F)c(F)c(S(=O)(=O)Nc2nc3c(s2)CCC3)c1. The average molecular weight is 331 g/mol. The monoisotopic (exact) mass is 331 g/mol. The lowest BCUT2D eigenvalue weighted by molar-refractivity contribution is 0.486. The standard InChI is InChI=1S/C12H11F2N3O2S2/c13-7-4-6(15)5-10(11(7)14)21(18,19)17-12-16-8-2-1-3-9(8)20-12/h4-5H,1-3,15H2,(H,16,17). The van der Waals surface area contributed by atoms with Crippen LogP contribution in [-0.2, 0) is 22.9 Å². The molecule has 0 unspecified atom stereocenters. The van der Waals surface area contributed by atoms with Gasteiger partial charge < -0.3 is 5.73 Å². The number of thiazole rings is 1. The third-order valence-corrected chi connectivity index (χ3v) is 5.66. The Labute approximate surface area is 123 Å². The lowest BCUT2D eigenvalue weighted by atomic mass is 10.3. The first kappa shape index (κ1) is 14.2. The van der Waals surface area contributed by atoms with Crippen LogP contribution >= 0.6 is 11.3 Å². The summed E-state index contributed by atoms with van der Waals surface area (Å²) in [4.78, 5) is 4.35. The van der Waals surface area contributed by atoms with E-state index in [-0.39, 0.29) is 10.8 Å². The summed E-state index contributed by atoms with van der Waals surface area (Å²) in [5.74, 6) is -2.77. The molecule has 0 amide bonds. The Hall–Kier alpha value is -1.74. The summed E-state index contributed by atoms with van der Waals surface area (Å²) in [5.41, 5.74) is 6.05. The second-order valence-corrected chi connectivity index (χ2v) is 7.40. The van der Waals surface area contributed by atoms with Crippen molar-refractivity contribution < 1.29 is 17.2 Å². The van der Waals surface area contributed by atoms with Crippen molar-refractivity contribution in [2.24, 2.45) is 0 Å². The van der Waals surface area contributed by atoms with Crippen molar-refractivity contribution in [2.75, 3.05) is 10.5 Å². The largest absolute Gasteiger partial charge is 0.399 e. The van der Waals surface area contributed by atoms with Gasteiger partial charge in [0.1, 0.15) is 4.90 Å². The van der Waals surface area contributed by atoms with E-state index in [0.29, 0.717) is 0 Å². The number of anilines is 2. The molecule has 0 radical (unpaired) electrons. The molecular formula is C12H11F2N3O2S2. The number of sulfonamides is 1. The number of aromatic nitrogens is 1. The topological polar surface area (TPSA) is 85.1 Å². The predicted octanol–water partition coefficient (Wildman–Crippen LogP) is 2.29. The lowest BCUT2D eigenvalue weighted by Crippen LogP contribution is -2.15. The number of benzene rings is 1. The van der Waals surface area contributed by atoms with Gasteiger partial charge in [-0.1, -0.05) is 0 Å². The fourth-order valence-electron chi connectivity index (χ4n) is 2.18. The molecule has 3 rings (SSSR count). The minimum absolute atomic E-state index is 0.155. The maximum Gasteiger partial charge on any atom is 0.266 e. The molecule has 0 fully saturated rings. The normalized spacial score (nSPS) is 14.2. The first-order valence-electron chi connectivity index (χ1n) is 6.13. The molecule has 0 saturated carbocycles. The molecule has 0 bridgehead atoms. The molecule has 0 spiro atoms. The second-order valence-electron chi connectivity index (χ2n) is 4.66. The zero-order valence-electron chi connectivity index (χ0n) is 10.7. The molecule has 0 saturated heterocycles. The summed E-state index contributed by atoms with van der Waals surface area (Å²) in [6.07, 6.45) is 2.65. The van der Waals surface area contributed by atoms with E-state index in [1.807, 2.05) is 0 Å². The molecular weight excluding hydrogens is 320 g/mol. The maximum atomic E-state index is 13.7. The van der Waals surface area contributed by atoms with E-state index >= 15 is 0 Å². The van der Waals surface area contributed by atoms with Crippen molar-refractivity contribution in [2.45, 2.75) is 24.2 Å². The lowest BCUT2D eigenvalue weighted by Gasteiger charge is -2.08. The van der Waals surface area contributed by atoms with Crippen LogP contribution in [0, 0.1) is 11.6 Å². The number of aryl methyl sites for hydroxylation is 2. The Morgan fingerprint density at radius 2 is 2.05 bits per heavy atom. The van der Waals surface area contributed by atoms with Gasteiger partial charge in [-0.15, -0.1) is 11.3 Å². The van der Waals surface area contributed by atoms with Gasteiger partial charge in [-0.05, 0) is 31.4 Å². The molecule has 0 atom stereocenters. The van der Waals surface area contributed by atoms with Crippen molar-refractivity contribution in [3.8, 4) is 0 Å². The average Bonchev–Trinajstić information content (AvgIpc) is 2.93. The number of nitrogens with one attached hydrogen (secondary N) is 1. The molecule has 1 aromatic carbocycles. The Balaban J connectivity index is 1.97. The molecule has 3 N–H and O–H groups in total. The summed E-state index contributed by atoms with van der Waals surface area (Å²) in [6, 6.07) is 1.61. The molecule has 112 valence electrons. The van der Waals surface area contributed by atoms with Gasteiger partial charge >= 0.3 is 0 Å². The third-order valence-electron chi connectivity index (χ3n) is 3.12. The van der Waals surface area contributed by atoms with Crippen LogP contribution in [0.3, 0.4) is 0 Å². The third kappa shape index (κ3) is 2.58. The van der Waals surface area contributed by atoms with E-state index in [2.05, 4.69) is 9.71 Å². The number of fused-ring (bicyclic) bond motifs is 1. The van der Waals surface area contributed by atoms with Crippen LogP contribution in [0.1, 0.15) is 17.0 Å². The quantitative estimate of drug-likeness (QED) is 0.845. The summed E-state index contributed by atoms with van der Waals surface area (Å²) >= 11 is 1.21. The zero-order valence-corrected chi connectivity index (χ0v) is 12.3. The first-order valence-corrected chi connectivity index (χ1v) is 8.43. The van der Waals surface area contributed by atoms with Crippen LogP contribution in [0.15, 0.2) is 17.0 Å². The highest BCUT2D eigenvalue weighted by molar-refractivity contribution is 7.93. The van der Waals surface area contributed by atoms with Gasteiger partial charge in [0, 0.05) is 10.6 Å². The zero-order chi connectivity index (χ0) is 15.2. The van der Waals surface area contributed by atoms with E-state index in [1.54, 1.807) is 0 Å². The molecule has 21 heavy (non-hydrogen) atoms. The highest BCUT2D eigenvalue weighted by Crippen LogP contribution is 2.32. The van der Waals surface area contributed by atoms with Crippen molar-refractivity contribution in [3.63, 3.8) is 0 Å². The van der Waals surface area contributed by atoms with Crippen molar-refractivity contribution in [3.05, 3.63) is 34.3 Å². The van der Waals surface area contributed by atoms with E-state index in [9.17, 15) is 17.2 Å². The number of hydrogen-bond donors (Lipinski definition) is 2. The van der Waals surface area contributed by atoms with Crippen LogP contribution in [0.4, 0.5) is 19.6 Å². The highest BCUT2D eigenvalue weighted by Gasteiger charge is 2.25. The van der Waals surface area contributed by atoms with Gasteiger partial charge in [0.05, 0.1) is 5.69 Å². The van der Waals surface area contributed by atoms with Crippen molar-refractivity contribution in [1.29, 1.82) is 0 Å². The molecule has 0 aliphatic heterocycles. The fraction of sp³-hybridized carbons (Fsp3) is 0.250. The first-order chi connectivity index (χ1) is 9.87. The molecule has 1 heterocycles. The Kier molecular flexibility index (Phi) is 3.33. The van der Waals surface area contributed by atoms with E-state index < -0.39 is 26.6 Å². The number of halogens is 2. The molecule has 5 nitrogen and oxygen atoms in total. The molecule has 1 aliphatic rings. The minimum Gasteiger partial charge on any atom is -0.399 e. The van der Waals surface area contributed by atoms with Crippen LogP contribution in [0.2, 0.25) is 0 Å². The van der Waals surface area contributed by atoms with Crippen LogP contribution < -0.4 is 10.5 Å². The van der Waals surface area contributed by atoms with Gasteiger partial charge in [0.15, 0.2) is 16.8 Å². The smallest absolute Gasteiger partial charge is 0.266 e. The summed E-state index contributed by atoms with van der Waals surface area (Å²) in [7, 11) is -4.27. The summed E-state index contributed by atoms with van der Waals surface area (Å²) < 4.78 is 53.4. The van der Waals surface area contributed by atoms with Crippen molar-refractivity contribution >= 4 is 32.2 Å². The Morgan fingerprint density at radius 3 is 2.76 bits per heavy atom. The van der Waals surface area contributed by atoms with Crippen LogP contribution in [0.25, 0.3) is 0 Å². The van der Waals surface area contributed by atoms with Gasteiger partial charge in [0.2, 0.25) is 0 Å². The Morgan fingerprint density at radius 1 is 1.29 bits per heavy atom.